The van der Waals surface area contributed by atoms with Gasteiger partial charge in [0, 0.05) is 41.8 Å². The van der Waals surface area contributed by atoms with Crippen molar-refractivity contribution in [2.24, 2.45) is 0 Å². The molecule has 2 aliphatic carbocycles. The van der Waals surface area contributed by atoms with Crippen molar-refractivity contribution in [3.05, 3.63) is 88.9 Å². The second-order valence-corrected chi connectivity index (χ2v) is 10.3. The van der Waals surface area contributed by atoms with Crippen molar-refractivity contribution in [1.82, 2.24) is 14.9 Å². The Bertz CT molecular complexity index is 1560. The van der Waals surface area contributed by atoms with Crippen LogP contribution in [0, 0.1) is 0 Å². The summed E-state index contributed by atoms with van der Waals surface area (Å²) >= 11 is 0. The molecule has 7 heteroatoms. The molecule has 4 atom stereocenters. The number of hydrogen-bond donors (Lipinski definition) is 3. The first kappa shape index (κ1) is 19.5. The topological polar surface area (TPSA) is 98.7 Å². The predicted molar refractivity (Wildman–Crippen MR) is 127 cm³/mol. The maximum absolute atomic E-state index is 13.7. The van der Waals surface area contributed by atoms with Crippen LogP contribution in [0.2, 0.25) is 0 Å². The van der Waals surface area contributed by atoms with Crippen molar-refractivity contribution in [2.75, 3.05) is 6.54 Å². The highest BCUT2D eigenvalue weighted by atomic mass is 16.5. The molecule has 0 unspecified atom stereocenters. The third kappa shape index (κ3) is 2.12. The van der Waals surface area contributed by atoms with E-state index in [1.807, 2.05) is 29.2 Å². The van der Waals surface area contributed by atoms with Crippen LogP contribution in [0.25, 0.3) is 10.9 Å². The number of nitrogens with one attached hydrogen (secondary N) is 1. The number of aromatic amines is 1. The Morgan fingerprint density at radius 1 is 1.17 bits per heavy atom. The van der Waals surface area contributed by atoms with Gasteiger partial charge in [0.1, 0.15) is 5.60 Å². The minimum atomic E-state index is -1.25. The van der Waals surface area contributed by atoms with Crippen LogP contribution in [0.15, 0.2) is 60.9 Å². The van der Waals surface area contributed by atoms with Crippen LogP contribution in [-0.4, -0.2) is 49.2 Å². The SMILES string of the molecule is O=C(c1cccnc1)N1CC[C@]23c4c5ccc(O)c4O[C@H]2c2[nH]c4ccccc4c2C[C@@]3(O)[C@H]1C5. The number of H-pyrrole nitrogens is 1. The summed E-state index contributed by atoms with van der Waals surface area (Å²) in [6.45, 7) is 0.491. The number of benzene rings is 2. The number of aromatic hydroxyl groups is 1. The molecule has 8 rings (SSSR count). The number of ether oxygens (including phenoxy) is 1. The maximum Gasteiger partial charge on any atom is 0.255 e. The maximum atomic E-state index is 13.7. The number of pyridine rings is 1. The highest BCUT2D eigenvalue weighted by molar-refractivity contribution is 5.94. The Labute approximate surface area is 201 Å². The monoisotopic (exact) mass is 465 g/mol. The van der Waals surface area contributed by atoms with Crippen molar-refractivity contribution in [2.45, 2.75) is 42.4 Å². The van der Waals surface area contributed by atoms with Gasteiger partial charge in [-0.2, -0.15) is 0 Å². The predicted octanol–water partition coefficient (Wildman–Crippen LogP) is 3.40. The number of phenols is 1. The van der Waals surface area contributed by atoms with Gasteiger partial charge >= 0.3 is 0 Å². The Hall–Kier alpha value is -3.84. The molecule has 0 saturated carbocycles. The van der Waals surface area contributed by atoms with Gasteiger partial charge in [-0.25, -0.2) is 0 Å². The average Bonchev–Trinajstić information content (AvgIpc) is 3.41. The molecule has 7 nitrogen and oxygen atoms in total. The zero-order valence-electron chi connectivity index (χ0n) is 18.9. The van der Waals surface area contributed by atoms with Gasteiger partial charge in [-0.15, -0.1) is 0 Å². The number of amides is 1. The van der Waals surface area contributed by atoms with E-state index in [1.54, 1.807) is 30.6 Å². The lowest BCUT2D eigenvalue weighted by atomic mass is 9.49. The van der Waals surface area contributed by atoms with Crippen molar-refractivity contribution < 1.29 is 19.7 Å². The number of fused-ring (bicyclic) bond motifs is 4. The second kappa shape index (κ2) is 6.23. The lowest BCUT2D eigenvalue weighted by molar-refractivity contribution is -0.162. The van der Waals surface area contributed by atoms with Crippen molar-refractivity contribution in [3.8, 4) is 11.5 Å². The zero-order valence-corrected chi connectivity index (χ0v) is 18.9. The van der Waals surface area contributed by atoms with Gasteiger partial charge in [-0.3, -0.25) is 9.78 Å². The van der Waals surface area contributed by atoms with E-state index < -0.39 is 23.2 Å². The summed E-state index contributed by atoms with van der Waals surface area (Å²) in [5, 5.41) is 24.6. The first-order chi connectivity index (χ1) is 17.0. The first-order valence-electron chi connectivity index (χ1n) is 12.1. The number of carbonyl (C=O) groups is 1. The van der Waals surface area contributed by atoms with Gasteiger partial charge in [0.2, 0.25) is 0 Å². The second-order valence-electron chi connectivity index (χ2n) is 10.3. The molecule has 2 aromatic carbocycles. The summed E-state index contributed by atoms with van der Waals surface area (Å²) < 4.78 is 6.56. The van der Waals surface area contributed by atoms with Crippen LogP contribution in [0.3, 0.4) is 0 Å². The van der Waals surface area contributed by atoms with E-state index in [2.05, 4.69) is 16.0 Å². The third-order valence-electron chi connectivity index (χ3n) is 8.94. The molecule has 4 aliphatic rings. The summed E-state index contributed by atoms with van der Waals surface area (Å²) in [5.74, 6) is 0.455. The van der Waals surface area contributed by atoms with Gasteiger partial charge < -0.3 is 24.8 Å². The first-order valence-corrected chi connectivity index (χ1v) is 12.1. The van der Waals surface area contributed by atoms with Crippen molar-refractivity contribution >= 4 is 16.8 Å². The molecule has 1 saturated heterocycles. The van der Waals surface area contributed by atoms with E-state index in [4.69, 9.17) is 4.74 Å². The number of nitrogens with zero attached hydrogens (tertiary/aromatic N) is 2. The standard InChI is InChI=1S/C28H23N3O4/c32-20-8-7-15-12-21-28(34)13-18-17-5-1-2-6-19(17)30-23(18)25-27(28,22(15)24(20)35-25)9-11-31(21)26(33)16-4-3-10-29-14-16/h1-8,10,14,21,25,30,32,34H,9,11-13H2/t21-,25+,27+,28-/m1/s1. The third-order valence-corrected chi connectivity index (χ3v) is 8.94. The van der Waals surface area contributed by atoms with Crippen molar-refractivity contribution in [3.63, 3.8) is 0 Å². The van der Waals surface area contributed by atoms with Gasteiger partial charge in [-0.05, 0) is 48.2 Å². The molecule has 2 aromatic heterocycles. The van der Waals surface area contributed by atoms with Gasteiger partial charge in [0.05, 0.1) is 22.7 Å². The molecule has 2 bridgehead atoms. The molecule has 4 aromatic rings. The molecular formula is C28H23N3O4. The largest absolute Gasteiger partial charge is 0.504 e. The van der Waals surface area contributed by atoms with Crippen LogP contribution >= 0.6 is 0 Å². The fourth-order valence-corrected chi connectivity index (χ4v) is 7.54. The molecule has 1 fully saturated rings. The average molecular weight is 466 g/mol. The van der Waals surface area contributed by atoms with E-state index in [9.17, 15) is 15.0 Å². The van der Waals surface area contributed by atoms with E-state index in [0.29, 0.717) is 37.1 Å². The molecule has 1 spiro atoms. The summed E-state index contributed by atoms with van der Waals surface area (Å²) in [6, 6.07) is 14.8. The van der Waals surface area contributed by atoms with Crippen LogP contribution in [-0.2, 0) is 18.3 Å². The lowest BCUT2D eigenvalue weighted by Crippen LogP contribution is -2.75. The molecule has 4 heterocycles. The Balaban J connectivity index is 1.39. The van der Waals surface area contributed by atoms with E-state index in [-0.39, 0.29) is 11.7 Å². The number of aliphatic hydroxyl groups is 1. The smallest absolute Gasteiger partial charge is 0.255 e. The highest BCUT2D eigenvalue weighted by Crippen LogP contribution is 2.69. The summed E-state index contributed by atoms with van der Waals surface area (Å²) in [5.41, 5.74) is 3.45. The minimum Gasteiger partial charge on any atom is -0.504 e. The fraction of sp³-hybridized carbons (Fsp3) is 0.286. The number of rotatable bonds is 1. The molecular weight excluding hydrogens is 442 g/mol. The number of hydrogen-bond acceptors (Lipinski definition) is 5. The quantitative estimate of drug-likeness (QED) is 0.400. The molecule has 174 valence electrons. The summed E-state index contributed by atoms with van der Waals surface area (Å²) in [7, 11) is 0. The minimum absolute atomic E-state index is 0.0971. The molecule has 1 amide bonds. The lowest BCUT2D eigenvalue weighted by Gasteiger charge is -2.62. The van der Waals surface area contributed by atoms with Crippen LogP contribution in [0.4, 0.5) is 0 Å². The van der Waals surface area contributed by atoms with Gasteiger partial charge in [-0.1, -0.05) is 24.3 Å². The fourth-order valence-electron chi connectivity index (χ4n) is 7.54. The normalized spacial score (nSPS) is 29.5. The van der Waals surface area contributed by atoms with Gasteiger partial charge in [0.25, 0.3) is 5.91 Å². The number of para-hydroxylation sites is 1. The zero-order chi connectivity index (χ0) is 23.5. The number of likely N-dealkylation sites (tertiary alicyclic amines) is 1. The van der Waals surface area contributed by atoms with E-state index in [1.165, 1.54) is 0 Å². The Kier molecular flexibility index (Phi) is 3.46. The molecule has 0 radical (unpaired) electrons. The number of piperidine rings is 1. The van der Waals surface area contributed by atoms with Crippen LogP contribution < -0.4 is 4.74 Å². The van der Waals surface area contributed by atoms with E-state index in [0.717, 1.165) is 33.3 Å². The Morgan fingerprint density at radius 2 is 2.06 bits per heavy atom. The van der Waals surface area contributed by atoms with Crippen LogP contribution in [0.5, 0.6) is 11.5 Å². The van der Waals surface area contributed by atoms with Gasteiger partial charge in [0.15, 0.2) is 17.6 Å². The van der Waals surface area contributed by atoms with Crippen LogP contribution in [0.1, 0.15) is 45.3 Å². The molecule has 35 heavy (non-hydrogen) atoms. The number of aromatic nitrogens is 2. The number of phenolic OH excluding ortho intramolecular Hbond substituents is 1. The Morgan fingerprint density at radius 3 is 2.91 bits per heavy atom. The van der Waals surface area contributed by atoms with Crippen molar-refractivity contribution in [1.29, 1.82) is 0 Å². The summed E-state index contributed by atoms with van der Waals surface area (Å²) in [6.07, 6.45) is 4.21. The van der Waals surface area contributed by atoms with E-state index >= 15 is 0 Å². The number of carbonyl (C=O) groups excluding carboxylic acids is 1. The molecule has 2 aliphatic heterocycles. The molecule has 3 N–H and O–H groups in total. The highest BCUT2D eigenvalue weighted by Gasteiger charge is 2.73. The summed E-state index contributed by atoms with van der Waals surface area (Å²) in [4.78, 5) is 23.2.